The van der Waals surface area contributed by atoms with Gasteiger partial charge < -0.3 is 10.1 Å². The molecule has 1 aromatic carbocycles. The normalized spacial score (nSPS) is 12.6. The third-order valence-corrected chi connectivity index (χ3v) is 3.39. The second kappa shape index (κ2) is 7.22. The van der Waals surface area contributed by atoms with Gasteiger partial charge in [-0.1, -0.05) is 19.1 Å². The molecule has 1 heterocycles. The number of aromatic nitrogens is 3. The molecular weight excluding hydrogens is 264 g/mol. The van der Waals surface area contributed by atoms with Crippen LogP contribution in [-0.2, 0) is 6.61 Å². The van der Waals surface area contributed by atoms with Crippen molar-refractivity contribution in [2.24, 2.45) is 0 Å². The highest BCUT2D eigenvalue weighted by Gasteiger charge is 2.08. The van der Waals surface area contributed by atoms with Crippen molar-refractivity contribution in [3.63, 3.8) is 0 Å². The van der Waals surface area contributed by atoms with Gasteiger partial charge in [-0.3, -0.25) is 0 Å². The van der Waals surface area contributed by atoms with E-state index in [-0.39, 0.29) is 6.04 Å². The predicted molar refractivity (Wildman–Crippen MR) is 83.3 cm³/mol. The summed E-state index contributed by atoms with van der Waals surface area (Å²) in [4.78, 5) is 4.24. The molecule has 5 heteroatoms. The van der Waals surface area contributed by atoms with Crippen LogP contribution in [0.4, 0.5) is 0 Å². The van der Waals surface area contributed by atoms with Crippen molar-refractivity contribution >= 4 is 0 Å². The third kappa shape index (κ3) is 4.04. The topological polar surface area (TPSA) is 52.0 Å². The molecule has 1 unspecified atom stereocenters. The van der Waals surface area contributed by atoms with Gasteiger partial charge in [-0.05, 0) is 45.0 Å². The lowest BCUT2D eigenvalue weighted by atomic mass is 10.1. The molecular formula is C16H24N4O. The van der Waals surface area contributed by atoms with E-state index in [2.05, 4.69) is 55.2 Å². The van der Waals surface area contributed by atoms with E-state index in [9.17, 15) is 0 Å². The summed E-state index contributed by atoms with van der Waals surface area (Å²) in [5, 5.41) is 7.60. The molecule has 0 saturated carbocycles. The second-order valence-corrected chi connectivity index (χ2v) is 5.35. The van der Waals surface area contributed by atoms with Gasteiger partial charge in [-0.15, -0.1) is 0 Å². The molecule has 2 aromatic rings. The zero-order valence-corrected chi connectivity index (χ0v) is 13.2. The third-order valence-electron chi connectivity index (χ3n) is 3.39. The van der Waals surface area contributed by atoms with E-state index in [1.165, 1.54) is 5.56 Å². The minimum absolute atomic E-state index is 0.287. The first-order valence-corrected chi connectivity index (χ1v) is 7.46. The van der Waals surface area contributed by atoms with E-state index >= 15 is 0 Å². The number of nitrogens with zero attached hydrogens (tertiary/aromatic N) is 3. The van der Waals surface area contributed by atoms with Crippen LogP contribution in [0.2, 0.25) is 0 Å². The van der Waals surface area contributed by atoms with Gasteiger partial charge in [0.15, 0.2) is 5.82 Å². The van der Waals surface area contributed by atoms with Crippen molar-refractivity contribution in [1.29, 1.82) is 0 Å². The first kappa shape index (κ1) is 15.5. The first-order valence-electron chi connectivity index (χ1n) is 7.46. The molecule has 0 bridgehead atoms. The Morgan fingerprint density at radius 1 is 1.19 bits per heavy atom. The fourth-order valence-electron chi connectivity index (χ4n) is 2.23. The molecule has 1 atom stereocenters. The molecule has 0 radical (unpaired) electrons. The molecule has 21 heavy (non-hydrogen) atoms. The minimum atomic E-state index is 0.287. The van der Waals surface area contributed by atoms with Gasteiger partial charge in [0.2, 0.25) is 0 Å². The van der Waals surface area contributed by atoms with Gasteiger partial charge in [0.25, 0.3) is 0 Å². The number of ether oxygens (including phenoxy) is 1. The quantitative estimate of drug-likeness (QED) is 0.850. The smallest absolute Gasteiger partial charge is 0.165 e. The van der Waals surface area contributed by atoms with Crippen LogP contribution in [0.1, 0.15) is 51.2 Å². The molecule has 0 aliphatic carbocycles. The maximum Gasteiger partial charge on any atom is 0.165 e. The lowest BCUT2D eigenvalue weighted by molar-refractivity contribution is 0.282. The summed E-state index contributed by atoms with van der Waals surface area (Å²) in [6.07, 6.45) is 1.57. The van der Waals surface area contributed by atoms with Gasteiger partial charge in [0, 0.05) is 12.1 Å². The van der Waals surface area contributed by atoms with Gasteiger partial charge in [0.1, 0.15) is 18.7 Å². The molecule has 0 aliphatic heterocycles. The van der Waals surface area contributed by atoms with Gasteiger partial charge in [0.05, 0.1) is 0 Å². The van der Waals surface area contributed by atoms with Crippen molar-refractivity contribution in [2.75, 3.05) is 6.54 Å². The number of nitrogens with one attached hydrogen (secondary N) is 1. The summed E-state index contributed by atoms with van der Waals surface area (Å²) < 4.78 is 7.67. The number of hydrogen-bond acceptors (Lipinski definition) is 4. The zero-order chi connectivity index (χ0) is 15.2. The Kier molecular flexibility index (Phi) is 5.33. The molecule has 1 aromatic heterocycles. The Morgan fingerprint density at radius 3 is 2.52 bits per heavy atom. The van der Waals surface area contributed by atoms with E-state index in [0.717, 1.165) is 18.1 Å². The van der Waals surface area contributed by atoms with Crippen LogP contribution in [0.3, 0.4) is 0 Å². The molecule has 0 spiro atoms. The minimum Gasteiger partial charge on any atom is -0.486 e. The van der Waals surface area contributed by atoms with Gasteiger partial charge in [-0.25, -0.2) is 9.67 Å². The Balaban J connectivity index is 1.96. The average Bonchev–Trinajstić information content (AvgIpc) is 2.94. The number of benzene rings is 1. The number of rotatable bonds is 7. The summed E-state index contributed by atoms with van der Waals surface area (Å²) >= 11 is 0. The summed E-state index contributed by atoms with van der Waals surface area (Å²) in [7, 11) is 0. The molecule has 1 N–H and O–H groups in total. The highest BCUT2D eigenvalue weighted by atomic mass is 16.5. The van der Waals surface area contributed by atoms with Gasteiger partial charge in [-0.2, -0.15) is 5.10 Å². The van der Waals surface area contributed by atoms with Crippen molar-refractivity contribution in [3.8, 4) is 5.75 Å². The molecule has 0 fully saturated rings. The average molecular weight is 288 g/mol. The van der Waals surface area contributed by atoms with E-state index in [1.54, 1.807) is 6.33 Å². The highest BCUT2D eigenvalue weighted by molar-refractivity contribution is 5.29. The van der Waals surface area contributed by atoms with E-state index in [0.29, 0.717) is 12.6 Å². The monoisotopic (exact) mass is 288 g/mol. The van der Waals surface area contributed by atoms with Crippen LogP contribution in [0.25, 0.3) is 0 Å². The van der Waals surface area contributed by atoms with Crippen molar-refractivity contribution in [2.45, 2.75) is 46.4 Å². The second-order valence-electron chi connectivity index (χ2n) is 5.35. The molecule has 0 saturated heterocycles. The Bertz CT molecular complexity index is 548. The Labute approximate surface area is 126 Å². The van der Waals surface area contributed by atoms with Crippen LogP contribution in [0.15, 0.2) is 30.6 Å². The van der Waals surface area contributed by atoms with E-state index < -0.39 is 0 Å². The maximum atomic E-state index is 5.79. The fraction of sp³-hybridized carbons (Fsp3) is 0.500. The lowest BCUT2D eigenvalue weighted by Gasteiger charge is -2.14. The van der Waals surface area contributed by atoms with Crippen LogP contribution < -0.4 is 10.1 Å². The summed E-state index contributed by atoms with van der Waals surface area (Å²) in [5.41, 5.74) is 1.26. The van der Waals surface area contributed by atoms with Crippen molar-refractivity contribution in [3.05, 3.63) is 42.0 Å². The molecule has 5 nitrogen and oxygen atoms in total. The van der Waals surface area contributed by atoms with E-state index in [1.807, 2.05) is 16.8 Å². The van der Waals surface area contributed by atoms with Crippen LogP contribution in [0, 0.1) is 0 Å². The molecule has 2 rings (SSSR count). The molecule has 0 amide bonds. The molecule has 114 valence electrons. The standard InChI is InChI=1S/C16H24N4O/c1-5-17-13(4)14-6-8-15(9-7-14)21-10-16-18-11-19-20(16)12(2)3/h6-9,11-13,17H,5,10H2,1-4H3. The fourth-order valence-corrected chi connectivity index (χ4v) is 2.23. The van der Waals surface area contributed by atoms with Crippen LogP contribution >= 0.6 is 0 Å². The molecule has 0 aliphatic rings. The van der Waals surface area contributed by atoms with E-state index in [4.69, 9.17) is 4.74 Å². The highest BCUT2D eigenvalue weighted by Crippen LogP contribution is 2.18. The lowest BCUT2D eigenvalue weighted by Crippen LogP contribution is -2.17. The summed E-state index contributed by atoms with van der Waals surface area (Å²) in [6.45, 7) is 9.82. The number of hydrogen-bond donors (Lipinski definition) is 1. The SMILES string of the molecule is CCNC(C)c1ccc(OCc2ncnn2C(C)C)cc1. The predicted octanol–water partition coefficient (Wildman–Crippen LogP) is 3.11. The Morgan fingerprint density at radius 2 is 1.90 bits per heavy atom. The zero-order valence-electron chi connectivity index (χ0n) is 13.2. The Hall–Kier alpha value is -1.88. The summed E-state index contributed by atoms with van der Waals surface area (Å²) in [5.74, 6) is 1.69. The maximum absolute atomic E-state index is 5.79. The van der Waals surface area contributed by atoms with Gasteiger partial charge >= 0.3 is 0 Å². The summed E-state index contributed by atoms with van der Waals surface area (Å²) in [6, 6.07) is 8.83. The van der Waals surface area contributed by atoms with Crippen LogP contribution in [-0.4, -0.2) is 21.3 Å². The van der Waals surface area contributed by atoms with Crippen molar-refractivity contribution < 1.29 is 4.74 Å². The first-order chi connectivity index (χ1) is 10.1. The van der Waals surface area contributed by atoms with Crippen LogP contribution in [0.5, 0.6) is 5.75 Å². The largest absolute Gasteiger partial charge is 0.486 e. The van der Waals surface area contributed by atoms with Crippen molar-refractivity contribution in [1.82, 2.24) is 20.1 Å².